The van der Waals surface area contributed by atoms with E-state index in [2.05, 4.69) is 10.2 Å². The molecule has 2 aromatic heterocycles. The molecule has 0 aromatic carbocycles. The quantitative estimate of drug-likeness (QED) is 0.584. The lowest BCUT2D eigenvalue weighted by molar-refractivity contribution is 0.0512. The zero-order chi connectivity index (χ0) is 13.8. The molecule has 2 heterocycles. The van der Waals surface area contributed by atoms with Crippen molar-refractivity contribution in [3.05, 3.63) is 35.9 Å². The Morgan fingerprint density at radius 3 is 2.79 bits per heavy atom. The third-order valence-corrected chi connectivity index (χ3v) is 2.52. The molecule has 0 bridgehead atoms. The number of aromatic nitrogens is 4. The minimum absolute atomic E-state index is 0.0210. The zero-order valence-electron chi connectivity index (χ0n) is 10.7. The number of aryl methyl sites for hydroxylation is 1. The molecule has 100 valence electrons. The fourth-order valence-corrected chi connectivity index (χ4v) is 1.63. The smallest absolute Gasteiger partial charge is 0.356 e. The van der Waals surface area contributed by atoms with Crippen LogP contribution in [0, 0.1) is 0 Å². The average molecular weight is 262 g/mol. The van der Waals surface area contributed by atoms with Crippen LogP contribution >= 0.6 is 0 Å². The van der Waals surface area contributed by atoms with E-state index < -0.39 is 5.97 Å². The number of hydrogen-bond donors (Lipinski definition) is 0. The molecule has 19 heavy (non-hydrogen) atoms. The highest BCUT2D eigenvalue weighted by Crippen LogP contribution is 2.05. The first-order valence-corrected chi connectivity index (χ1v) is 5.82. The zero-order valence-corrected chi connectivity index (χ0v) is 10.7. The Bertz CT molecular complexity index is 600. The number of carbonyl (C=O) groups is 2. The van der Waals surface area contributed by atoms with Crippen molar-refractivity contribution < 1.29 is 14.3 Å². The van der Waals surface area contributed by atoms with Gasteiger partial charge in [0, 0.05) is 19.4 Å². The lowest BCUT2D eigenvalue weighted by Crippen LogP contribution is -2.18. The van der Waals surface area contributed by atoms with E-state index in [9.17, 15) is 9.59 Å². The Morgan fingerprint density at radius 1 is 1.37 bits per heavy atom. The summed E-state index contributed by atoms with van der Waals surface area (Å²) in [6.45, 7) is 1.98. The number of rotatable bonds is 5. The van der Waals surface area contributed by atoms with Gasteiger partial charge in [0.2, 0.25) is 0 Å². The van der Waals surface area contributed by atoms with Crippen molar-refractivity contribution in [2.24, 2.45) is 7.05 Å². The molecule has 2 rings (SSSR count). The predicted octanol–water partition coefficient (Wildman–Crippen LogP) is 0.676. The van der Waals surface area contributed by atoms with Crippen molar-refractivity contribution in [2.45, 2.75) is 13.5 Å². The molecule has 0 fully saturated rings. The van der Waals surface area contributed by atoms with E-state index in [-0.39, 0.29) is 24.6 Å². The molecule has 0 aliphatic heterocycles. The number of ether oxygens (including phenoxy) is 1. The normalized spacial score (nSPS) is 10.4. The topological polar surface area (TPSA) is 79.0 Å². The van der Waals surface area contributed by atoms with Gasteiger partial charge in [0.1, 0.15) is 12.2 Å². The van der Waals surface area contributed by atoms with Gasteiger partial charge in [0.05, 0.1) is 18.4 Å². The molecule has 0 atom stereocenters. The molecular formula is C12H14N4O3. The fraction of sp³-hybridized carbons (Fsp3) is 0.333. The third kappa shape index (κ3) is 2.87. The molecule has 7 nitrogen and oxygen atoms in total. The molecule has 7 heteroatoms. The summed E-state index contributed by atoms with van der Waals surface area (Å²) in [6.07, 6.45) is 4.56. The molecule has 0 aliphatic carbocycles. The Labute approximate surface area is 109 Å². The van der Waals surface area contributed by atoms with Gasteiger partial charge in [0.25, 0.3) is 0 Å². The van der Waals surface area contributed by atoms with E-state index in [1.54, 1.807) is 24.9 Å². The molecular weight excluding hydrogens is 248 g/mol. The van der Waals surface area contributed by atoms with Gasteiger partial charge in [-0.1, -0.05) is 0 Å². The largest absolute Gasteiger partial charge is 0.461 e. The summed E-state index contributed by atoms with van der Waals surface area (Å²) in [5.41, 5.74) is 0.742. The van der Waals surface area contributed by atoms with Crippen molar-refractivity contribution in [3.8, 4) is 0 Å². The second kappa shape index (κ2) is 5.47. The lowest BCUT2D eigenvalue weighted by Gasteiger charge is -2.05. The van der Waals surface area contributed by atoms with Gasteiger partial charge in [-0.15, -0.1) is 0 Å². The van der Waals surface area contributed by atoms with Crippen LogP contribution in [0.15, 0.2) is 24.7 Å². The van der Waals surface area contributed by atoms with Crippen LogP contribution in [-0.4, -0.2) is 37.9 Å². The minimum Gasteiger partial charge on any atom is -0.461 e. The first-order valence-electron chi connectivity index (χ1n) is 5.82. The molecule has 0 spiro atoms. The van der Waals surface area contributed by atoms with Crippen LogP contribution in [0.3, 0.4) is 0 Å². The van der Waals surface area contributed by atoms with Gasteiger partial charge in [-0.25, -0.2) is 4.79 Å². The van der Waals surface area contributed by atoms with Crippen LogP contribution in [0.5, 0.6) is 0 Å². The predicted molar refractivity (Wildman–Crippen MR) is 65.7 cm³/mol. The van der Waals surface area contributed by atoms with Crippen LogP contribution in [0.1, 0.15) is 27.8 Å². The summed E-state index contributed by atoms with van der Waals surface area (Å²) >= 11 is 0. The molecule has 2 aromatic rings. The van der Waals surface area contributed by atoms with Crippen molar-refractivity contribution in [1.82, 2.24) is 19.6 Å². The van der Waals surface area contributed by atoms with E-state index in [4.69, 9.17) is 4.74 Å². The second-order valence-electron chi connectivity index (χ2n) is 3.92. The van der Waals surface area contributed by atoms with Crippen LogP contribution in [0.25, 0.3) is 0 Å². The van der Waals surface area contributed by atoms with Crippen LogP contribution in [0.2, 0.25) is 0 Å². The SMILES string of the molecule is CCOC(=O)c1ccnn1CC(=O)c1cnn(C)c1. The average Bonchev–Trinajstić information content (AvgIpc) is 2.98. The van der Waals surface area contributed by atoms with Gasteiger partial charge in [-0.2, -0.15) is 10.2 Å². The molecule has 0 N–H and O–H groups in total. The highest BCUT2D eigenvalue weighted by atomic mass is 16.5. The van der Waals surface area contributed by atoms with Crippen molar-refractivity contribution >= 4 is 11.8 Å². The molecule has 0 saturated heterocycles. The maximum Gasteiger partial charge on any atom is 0.356 e. The van der Waals surface area contributed by atoms with Crippen molar-refractivity contribution in [1.29, 1.82) is 0 Å². The Kier molecular flexibility index (Phi) is 3.74. The summed E-state index contributed by atoms with van der Waals surface area (Å²) in [5, 5.41) is 7.89. The van der Waals surface area contributed by atoms with Gasteiger partial charge in [0.15, 0.2) is 5.78 Å². The number of nitrogens with zero attached hydrogens (tertiary/aromatic N) is 4. The molecule has 0 radical (unpaired) electrons. The maximum absolute atomic E-state index is 12.0. The standard InChI is InChI=1S/C12H14N4O3/c1-3-19-12(18)10-4-5-13-16(10)8-11(17)9-6-14-15(2)7-9/h4-7H,3,8H2,1-2H3. The monoisotopic (exact) mass is 262 g/mol. The van der Waals surface area contributed by atoms with E-state index >= 15 is 0 Å². The first kappa shape index (κ1) is 13.0. The van der Waals surface area contributed by atoms with Crippen LogP contribution < -0.4 is 0 Å². The lowest BCUT2D eigenvalue weighted by atomic mass is 10.2. The highest BCUT2D eigenvalue weighted by Gasteiger charge is 2.16. The number of hydrogen-bond acceptors (Lipinski definition) is 5. The number of carbonyl (C=O) groups excluding carboxylic acids is 2. The minimum atomic E-state index is -0.487. The van der Waals surface area contributed by atoms with Crippen molar-refractivity contribution in [2.75, 3.05) is 6.61 Å². The van der Waals surface area contributed by atoms with Gasteiger partial charge in [-0.3, -0.25) is 14.2 Å². The summed E-state index contributed by atoms with van der Waals surface area (Å²) < 4.78 is 7.76. The van der Waals surface area contributed by atoms with Crippen molar-refractivity contribution in [3.63, 3.8) is 0 Å². The summed E-state index contributed by atoms with van der Waals surface area (Å²) in [4.78, 5) is 23.6. The summed E-state index contributed by atoms with van der Waals surface area (Å²) in [7, 11) is 1.73. The first-order chi connectivity index (χ1) is 9.11. The number of esters is 1. The van der Waals surface area contributed by atoms with E-state index in [0.29, 0.717) is 5.56 Å². The summed E-state index contributed by atoms with van der Waals surface area (Å²) in [5.74, 6) is -0.652. The molecule has 0 saturated carbocycles. The Hall–Kier alpha value is -2.44. The second-order valence-corrected chi connectivity index (χ2v) is 3.92. The summed E-state index contributed by atoms with van der Waals surface area (Å²) in [6, 6.07) is 1.52. The molecule has 0 aliphatic rings. The molecule has 0 amide bonds. The third-order valence-electron chi connectivity index (χ3n) is 2.52. The number of Topliss-reactive ketones (excluding diaryl/α,β-unsaturated/α-hetero) is 1. The van der Waals surface area contributed by atoms with Crippen LogP contribution in [0.4, 0.5) is 0 Å². The Balaban J connectivity index is 2.13. The highest BCUT2D eigenvalue weighted by molar-refractivity contribution is 5.96. The number of ketones is 1. The Morgan fingerprint density at radius 2 is 2.16 bits per heavy atom. The van der Waals surface area contributed by atoms with E-state index in [1.807, 2.05) is 0 Å². The van der Waals surface area contributed by atoms with E-state index in [0.717, 1.165) is 0 Å². The van der Waals surface area contributed by atoms with Gasteiger partial charge in [-0.05, 0) is 13.0 Å². The van der Waals surface area contributed by atoms with Crippen LogP contribution in [-0.2, 0) is 18.3 Å². The van der Waals surface area contributed by atoms with Gasteiger partial charge < -0.3 is 4.74 Å². The van der Waals surface area contributed by atoms with E-state index in [1.165, 1.54) is 23.1 Å². The maximum atomic E-state index is 12.0. The molecule has 0 unspecified atom stereocenters. The van der Waals surface area contributed by atoms with Gasteiger partial charge >= 0.3 is 5.97 Å². The fourth-order valence-electron chi connectivity index (χ4n) is 1.63.